The standard InChI is InChI=1S/C23H28FN3O2S/c24-18-3-5-19(6-4-18)25-23(29)17-7-11-26(12-8-17)20-9-13-27(14-10-20)22(28)16-21-2-1-15-30-21/h1-6,15,17,20H,7-14,16H2,(H,25,29). The number of thiophene rings is 1. The third-order valence-electron chi connectivity index (χ3n) is 6.25. The van der Waals surface area contributed by atoms with Crippen molar-refractivity contribution in [3.05, 3.63) is 52.5 Å². The average molecular weight is 430 g/mol. The van der Waals surface area contributed by atoms with Crippen LogP contribution in [0.15, 0.2) is 41.8 Å². The number of nitrogens with zero attached hydrogens (tertiary/aromatic N) is 2. The van der Waals surface area contributed by atoms with E-state index in [1.807, 2.05) is 22.4 Å². The zero-order chi connectivity index (χ0) is 20.9. The molecule has 1 aromatic carbocycles. The van der Waals surface area contributed by atoms with E-state index in [-0.39, 0.29) is 23.5 Å². The lowest BCUT2D eigenvalue weighted by molar-refractivity contribution is -0.132. The van der Waals surface area contributed by atoms with Crippen molar-refractivity contribution in [1.82, 2.24) is 9.80 Å². The van der Waals surface area contributed by atoms with E-state index in [9.17, 15) is 14.0 Å². The minimum absolute atomic E-state index is 0.00114. The van der Waals surface area contributed by atoms with E-state index in [0.29, 0.717) is 18.2 Å². The smallest absolute Gasteiger partial charge is 0.227 e. The summed E-state index contributed by atoms with van der Waals surface area (Å²) in [5.41, 5.74) is 0.642. The Labute approximate surface area is 180 Å². The van der Waals surface area contributed by atoms with Gasteiger partial charge in [-0.2, -0.15) is 0 Å². The van der Waals surface area contributed by atoms with Crippen molar-refractivity contribution >= 4 is 28.8 Å². The third-order valence-corrected chi connectivity index (χ3v) is 7.13. The van der Waals surface area contributed by atoms with Gasteiger partial charge in [-0.3, -0.25) is 9.59 Å². The van der Waals surface area contributed by atoms with E-state index in [0.717, 1.165) is 56.7 Å². The number of carbonyl (C=O) groups is 2. The summed E-state index contributed by atoms with van der Waals surface area (Å²) in [6.07, 6.45) is 4.19. The van der Waals surface area contributed by atoms with E-state index < -0.39 is 0 Å². The van der Waals surface area contributed by atoms with E-state index in [2.05, 4.69) is 10.2 Å². The Morgan fingerprint density at radius 1 is 1.00 bits per heavy atom. The van der Waals surface area contributed by atoms with Crippen molar-refractivity contribution in [3.63, 3.8) is 0 Å². The van der Waals surface area contributed by atoms with Crippen LogP contribution >= 0.6 is 11.3 Å². The van der Waals surface area contributed by atoms with Crippen LogP contribution in [0, 0.1) is 11.7 Å². The molecule has 0 bridgehead atoms. The minimum atomic E-state index is -0.305. The fourth-order valence-electron chi connectivity index (χ4n) is 4.46. The Bertz CT molecular complexity index is 840. The van der Waals surface area contributed by atoms with Crippen LogP contribution in [0.1, 0.15) is 30.6 Å². The largest absolute Gasteiger partial charge is 0.342 e. The van der Waals surface area contributed by atoms with Crippen LogP contribution in [0.25, 0.3) is 0 Å². The van der Waals surface area contributed by atoms with Gasteiger partial charge >= 0.3 is 0 Å². The molecule has 7 heteroatoms. The Morgan fingerprint density at radius 2 is 1.70 bits per heavy atom. The number of benzene rings is 1. The predicted molar refractivity (Wildman–Crippen MR) is 117 cm³/mol. The number of anilines is 1. The lowest BCUT2D eigenvalue weighted by atomic mass is 9.92. The van der Waals surface area contributed by atoms with Crippen LogP contribution in [0.2, 0.25) is 0 Å². The van der Waals surface area contributed by atoms with Crippen molar-refractivity contribution in [1.29, 1.82) is 0 Å². The number of hydrogen-bond donors (Lipinski definition) is 1. The molecule has 2 aliphatic heterocycles. The van der Waals surface area contributed by atoms with Gasteiger partial charge in [0.15, 0.2) is 0 Å². The number of nitrogens with one attached hydrogen (secondary N) is 1. The lowest BCUT2D eigenvalue weighted by Gasteiger charge is -2.41. The molecule has 2 saturated heterocycles. The molecule has 0 radical (unpaired) electrons. The highest BCUT2D eigenvalue weighted by atomic mass is 32.1. The van der Waals surface area contributed by atoms with Gasteiger partial charge in [-0.15, -0.1) is 11.3 Å². The SMILES string of the molecule is O=C(Nc1ccc(F)cc1)C1CCN(C2CCN(C(=O)Cc3cccs3)CC2)CC1. The second-order valence-electron chi connectivity index (χ2n) is 8.17. The molecule has 0 spiro atoms. The topological polar surface area (TPSA) is 52.7 Å². The van der Waals surface area contributed by atoms with Crippen LogP contribution in [-0.4, -0.2) is 53.8 Å². The van der Waals surface area contributed by atoms with Crippen LogP contribution in [-0.2, 0) is 16.0 Å². The lowest BCUT2D eigenvalue weighted by Crippen LogP contribution is -2.50. The summed E-state index contributed by atoms with van der Waals surface area (Å²) in [4.78, 5) is 30.6. The van der Waals surface area contributed by atoms with Crippen LogP contribution in [0.3, 0.4) is 0 Å². The predicted octanol–water partition coefficient (Wildman–Crippen LogP) is 3.77. The summed E-state index contributed by atoms with van der Waals surface area (Å²) < 4.78 is 13.0. The summed E-state index contributed by atoms with van der Waals surface area (Å²) in [6.45, 7) is 3.46. The van der Waals surface area contributed by atoms with E-state index in [4.69, 9.17) is 0 Å². The van der Waals surface area contributed by atoms with Crippen molar-refractivity contribution in [2.75, 3.05) is 31.5 Å². The number of rotatable bonds is 5. The Hall–Kier alpha value is -2.25. The van der Waals surface area contributed by atoms with Crippen LogP contribution < -0.4 is 5.32 Å². The fraction of sp³-hybridized carbons (Fsp3) is 0.478. The molecule has 1 aromatic heterocycles. The molecule has 2 fully saturated rings. The van der Waals surface area contributed by atoms with Crippen LogP contribution in [0.5, 0.6) is 0 Å². The van der Waals surface area contributed by atoms with Gasteiger partial charge in [0.1, 0.15) is 5.82 Å². The average Bonchev–Trinajstić information content (AvgIpc) is 3.28. The quantitative estimate of drug-likeness (QED) is 0.787. The first-order valence-corrected chi connectivity index (χ1v) is 11.6. The van der Waals surface area contributed by atoms with Crippen molar-refractivity contribution < 1.29 is 14.0 Å². The number of piperidine rings is 2. The van der Waals surface area contributed by atoms with Crippen molar-refractivity contribution in [2.45, 2.75) is 38.1 Å². The summed E-state index contributed by atoms with van der Waals surface area (Å²) in [6, 6.07) is 10.4. The minimum Gasteiger partial charge on any atom is -0.342 e. The van der Waals surface area contributed by atoms with Gasteiger partial charge in [0.25, 0.3) is 0 Å². The number of likely N-dealkylation sites (tertiary alicyclic amines) is 2. The summed E-state index contributed by atoms with van der Waals surface area (Å²) in [5.74, 6) is -0.0540. The second kappa shape index (κ2) is 9.71. The molecule has 2 amide bonds. The van der Waals surface area contributed by atoms with Gasteiger partial charge in [0.2, 0.25) is 11.8 Å². The maximum atomic E-state index is 13.0. The van der Waals surface area contributed by atoms with E-state index >= 15 is 0 Å². The van der Waals surface area contributed by atoms with Crippen LogP contribution in [0.4, 0.5) is 10.1 Å². The van der Waals surface area contributed by atoms with Gasteiger partial charge in [-0.25, -0.2) is 4.39 Å². The highest BCUT2D eigenvalue weighted by Gasteiger charge is 2.31. The zero-order valence-corrected chi connectivity index (χ0v) is 17.9. The molecule has 0 saturated carbocycles. The zero-order valence-electron chi connectivity index (χ0n) is 17.1. The van der Waals surface area contributed by atoms with E-state index in [1.165, 1.54) is 12.1 Å². The van der Waals surface area contributed by atoms with Crippen molar-refractivity contribution in [2.24, 2.45) is 5.92 Å². The molecule has 1 N–H and O–H groups in total. The molecule has 160 valence electrons. The number of carbonyl (C=O) groups excluding carboxylic acids is 2. The maximum Gasteiger partial charge on any atom is 0.227 e. The molecule has 2 aromatic rings. The van der Waals surface area contributed by atoms with Gasteiger partial charge in [0, 0.05) is 35.6 Å². The third kappa shape index (κ3) is 5.26. The number of hydrogen-bond acceptors (Lipinski definition) is 4. The molecule has 5 nitrogen and oxygen atoms in total. The highest BCUT2D eigenvalue weighted by molar-refractivity contribution is 7.10. The summed E-state index contributed by atoms with van der Waals surface area (Å²) >= 11 is 1.64. The Kier molecular flexibility index (Phi) is 6.79. The van der Waals surface area contributed by atoms with Gasteiger partial charge in [0.05, 0.1) is 6.42 Å². The van der Waals surface area contributed by atoms with Crippen molar-refractivity contribution in [3.8, 4) is 0 Å². The van der Waals surface area contributed by atoms with Gasteiger partial charge < -0.3 is 15.1 Å². The molecule has 2 aliphatic rings. The first-order chi connectivity index (χ1) is 14.6. The monoisotopic (exact) mass is 429 g/mol. The fourth-order valence-corrected chi connectivity index (χ4v) is 5.15. The molecule has 0 atom stereocenters. The van der Waals surface area contributed by atoms with Gasteiger partial charge in [-0.1, -0.05) is 6.07 Å². The summed E-state index contributed by atoms with van der Waals surface area (Å²) in [7, 11) is 0. The van der Waals surface area contributed by atoms with Gasteiger partial charge in [-0.05, 0) is 74.5 Å². The molecule has 0 unspecified atom stereocenters. The molecule has 0 aliphatic carbocycles. The Morgan fingerprint density at radius 3 is 2.33 bits per heavy atom. The number of amides is 2. The first kappa shape index (κ1) is 21.0. The normalized spacial score (nSPS) is 19.0. The summed E-state index contributed by atoms with van der Waals surface area (Å²) in [5, 5.41) is 4.91. The Balaban J connectivity index is 1.20. The molecular formula is C23H28FN3O2S. The highest BCUT2D eigenvalue weighted by Crippen LogP contribution is 2.25. The number of halogens is 1. The second-order valence-corrected chi connectivity index (χ2v) is 9.21. The molecule has 30 heavy (non-hydrogen) atoms. The molecular weight excluding hydrogens is 401 g/mol. The molecule has 3 heterocycles. The molecule has 4 rings (SSSR count). The van der Waals surface area contributed by atoms with E-state index in [1.54, 1.807) is 23.5 Å². The maximum absolute atomic E-state index is 13.0. The first-order valence-electron chi connectivity index (χ1n) is 10.7.